The topological polar surface area (TPSA) is 6.48 Å². The fourth-order valence-corrected chi connectivity index (χ4v) is 33.5. The Morgan fingerprint density at radius 2 is 0.390 bits per heavy atom. The molecule has 0 radical (unpaired) electrons. The van der Waals surface area contributed by atoms with Gasteiger partial charge in [-0.05, 0) is 322 Å². The maximum atomic E-state index is 2.65. The lowest BCUT2D eigenvalue weighted by Crippen LogP contribution is -2.32. The van der Waals surface area contributed by atoms with Crippen LogP contribution >= 0.6 is 47.0 Å². The number of nitrogens with zero attached hydrogens (tertiary/aromatic N) is 2. The first-order valence-corrected chi connectivity index (χ1v) is 54.2. The summed E-state index contributed by atoms with van der Waals surface area (Å²) >= 11 is 7.59. The first kappa shape index (κ1) is 83.3. The molecule has 4 spiro atoms. The molecule has 0 atom stereocenters. The van der Waals surface area contributed by atoms with Gasteiger partial charge >= 0.3 is 0 Å². The minimum absolute atomic E-state index is 0.446. The minimum Gasteiger partial charge on any atom is -0.310 e. The predicted molar refractivity (Wildman–Crippen MR) is 602 cm³/mol. The normalized spacial score (nSPS) is 15.5. The fraction of sp³-hybridized carbons (Fsp3) is 0.0571. The van der Waals surface area contributed by atoms with Crippen molar-refractivity contribution in [3.63, 3.8) is 0 Å². The summed E-state index contributed by atoms with van der Waals surface area (Å²) in [4.78, 5) is 15.6. The second kappa shape index (κ2) is 30.7. The van der Waals surface area contributed by atoms with Crippen LogP contribution in [0.1, 0.15) is 136 Å². The van der Waals surface area contributed by atoms with Crippen LogP contribution in [-0.4, -0.2) is 0 Å². The molecule has 0 saturated carbocycles. The molecule has 0 N–H and O–H groups in total. The van der Waals surface area contributed by atoms with Crippen molar-refractivity contribution in [3.8, 4) is 77.9 Å². The summed E-state index contributed by atoms with van der Waals surface area (Å²) in [5, 5.41) is 0. The van der Waals surface area contributed by atoms with Crippen molar-refractivity contribution >= 4 is 81.2 Å². The van der Waals surface area contributed by atoms with E-state index in [9.17, 15) is 0 Å². The number of fused-ring (bicyclic) bond motifs is 42. The molecule has 22 aromatic rings. The van der Waals surface area contributed by atoms with E-state index in [0.29, 0.717) is 0 Å². The van der Waals surface area contributed by atoms with Crippen molar-refractivity contribution in [1.29, 1.82) is 0 Å². The second-order valence-corrected chi connectivity index (χ2v) is 45.5. The smallest absolute Gasteiger partial charge is 0.0735 e. The van der Waals surface area contributed by atoms with Crippen LogP contribution in [0.4, 0.5) is 34.1 Å². The van der Waals surface area contributed by atoms with E-state index in [0.717, 1.165) is 34.1 Å². The van der Waals surface area contributed by atoms with Crippen molar-refractivity contribution in [2.24, 2.45) is 0 Å². The molecule has 6 aliphatic carbocycles. The highest BCUT2D eigenvalue weighted by molar-refractivity contribution is 8.00. The number of rotatable bonds is 9. The Balaban J connectivity index is 0.579. The molecule has 10 aliphatic rings. The Labute approximate surface area is 867 Å². The van der Waals surface area contributed by atoms with Gasteiger partial charge in [-0.15, -0.1) is 0 Å². The zero-order valence-corrected chi connectivity index (χ0v) is 83.1. The Kier molecular flexibility index (Phi) is 17.5. The van der Waals surface area contributed by atoms with Crippen molar-refractivity contribution in [2.45, 2.75) is 85.5 Å². The highest BCUT2D eigenvalue weighted by Gasteiger charge is 2.57. The van der Waals surface area contributed by atoms with Gasteiger partial charge in [-0.2, -0.15) is 0 Å². The van der Waals surface area contributed by atoms with Gasteiger partial charge in [0.1, 0.15) is 0 Å². The third-order valence-electron chi connectivity index (χ3n) is 34.4. The molecule has 146 heavy (non-hydrogen) atoms. The van der Waals surface area contributed by atoms with Gasteiger partial charge in [-0.1, -0.05) is 431 Å². The second-order valence-electron chi connectivity index (χ2n) is 41.2. The molecule has 22 aromatic carbocycles. The van der Waals surface area contributed by atoms with Gasteiger partial charge in [-0.25, -0.2) is 0 Å². The van der Waals surface area contributed by atoms with Crippen molar-refractivity contribution in [2.75, 3.05) is 9.80 Å². The predicted octanol–water partition coefficient (Wildman–Crippen LogP) is 36.3. The fourth-order valence-electron chi connectivity index (χ4n) is 28.8. The van der Waals surface area contributed by atoms with E-state index in [1.165, 1.54) is 239 Å². The Hall–Kier alpha value is -16.2. The molecular formula is C140H88N2S4. The van der Waals surface area contributed by atoms with E-state index in [-0.39, 0.29) is 0 Å². The lowest BCUT2D eigenvalue weighted by Gasteiger charge is -2.40. The molecule has 2 nitrogen and oxygen atoms in total. The van der Waals surface area contributed by atoms with E-state index in [1.54, 1.807) is 0 Å². The van der Waals surface area contributed by atoms with Crippen LogP contribution in [0.3, 0.4) is 0 Å². The standard InChI is InChI=1S/C140H88N2S4/c1-135(2)123-79-86(64-71-97(123)98-72-66-93(84-124(98)135)141(89-67-74-110-101(80-89)94-38-9-13-42-105(94)137(110)114-46-17-25-56-126(114)143-127-57-26-18-47-115(127)137)90-68-75-111-102(81-90)95-39-10-14-43-106(95)138(111)116-48-19-27-58-128(116)144-129-59-28-20-49-117(129)138)85-65-73-109-100(78-85)104-83-92(70-77-113(104)140(109)120-52-23-31-62-132(120)146-133-63-32-24-53-121(133)140)142(125-55-33-54-122-134(125)99-41-12-16-45-108(99)136(122,87-34-5-3-6-35-87)88-36-7-4-8-37-88)91-69-76-112-103(82-91)96-40-11-15-44-107(96)139(112)118-50-21-29-60-130(118)145-131-61-30-22-51-119(131)139/h3-84H,1-2H3. The molecule has 32 rings (SSSR count). The Bertz CT molecular complexity index is 9070. The molecule has 0 amide bonds. The summed E-state index contributed by atoms with van der Waals surface area (Å²) in [5.74, 6) is 0. The summed E-state index contributed by atoms with van der Waals surface area (Å²) in [6, 6.07) is 193. The monoisotopic (exact) mass is 1920 g/mol. The highest BCUT2D eigenvalue weighted by Crippen LogP contribution is 2.71. The number of benzene rings is 22. The third-order valence-corrected chi connectivity index (χ3v) is 39.0. The molecule has 682 valence electrons. The molecule has 6 heteroatoms. The Morgan fingerprint density at radius 1 is 0.151 bits per heavy atom. The molecule has 0 aromatic heterocycles. The first-order valence-electron chi connectivity index (χ1n) is 50.9. The average Bonchev–Trinajstić information content (AvgIpc) is 1.52. The van der Waals surface area contributed by atoms with Crippen molar-refractivity contribution < 1.29 is 0 Å². The van der Waals surface area contributed by atoms with E-state index < -0.39 is 32.5 Å². The van der Waals surface area contributed by atoms with Gasteiger partial charge in [0.15, 0.2) is 0 Å². The molecule has 0 fully saturated rings. The van der Waals surface area contributed by atoms with E-state index >= 15 is 0 Å². The maximum Gasteiger partial charge on any atom is 0.0735 e. The Morgan fingerprint density at radius 3 is 0.760 bits per heavy atom. The van der Waals surface area contributed by atoms with Gasteiger partial charge in [0.05, 0.1) is 32.8 Å². The third kappa shape index (κ3) is 10.8. The molecule has 0 saturated heterocycles. The summed E-state index contributed by atoms with van der Waals surface area (Å²) < 4.78 is 0. The molecule has 4 aliphatic heterocycles. The summed E-state index contributed by atoms with van der Waals surface area (Å²) in [7, 11) is 0. The largest absolute Gasteiger partial charge is 0.310 e. The van der Waals surface area contributed by atoms with Gasteiger partial charge in [0.25, 0.3) is 0 Å². The van der Waals surface area contributed by atoms with Crippen LogP contribution in [0.5, 0.6) is 0 Å². The van der Waals surface area contributed by atoms with Crippen LogP contribution in [0.25, 0.3) is 77.9 Å². The lowest BCUT2D eigenvalue weighted by atomic mass is 9.67. The van der Waals surface area contributed by atoms with E-state index in [4.69, 9.17) is 0 Å². The number of hydrogen-bond acceptors (Lipinski definition) is 6. The van der Waals surface area contributed by atoms with Gasteiger partial charge in [-0.3, -0.25) is 0 Å². The summed E-state index contributed by atoms with van der Waals surface area (Å²) in [5.41, 5.74) is 49.1. The molecule has 4 heterocycles. The van der Waals surface area contributed by atoms with E-state index in [2.05, 4.69) is 521 Å². The first-order chi connectivity index (χ1) is 72.1. The molecule has 0 unspecified atom stereocenters. The van der Waals surface area contributed by atoms with Crippen molar-refractivity contribution in [3.05, 3.63) is 620 Å². The zero-order chi connectivity index (χ0) is 95.8. The quantitative estimate of drug-likeness (QED) is 0.141. The summed E-state index contributed by atoms with van der Waals surface area (Å²) in [6.07, 6.45) is 0. The number of hydrogen-bond donors (Lipinski definition) is 0. The maximum absolute atomic E-state index is 2.65. The minimum atomic E-state index is -0.675. The van der Waals surface area contributed by atoms with E-state index in [1.807, 2.05) is 47.0 Å². The zero-order valence-electron chi connectivity index (χ0n) is 79.9. The summed E-state index contributed by atoms with van der Waals surface area (Å²) in [6.45, 7) is 4.95. The lowest BCUT2D eigenvalue weighted by molar-refractivity contribution is 0.660. The molecule has 0 bridgehead atoms. The van der Waals surface area contributed by atoms with Gasteiger partial charge < -0.3 is 9.80 Å². The van der Waals surface area contributed by atoms with Crippen LogP contribution in [0.2, 0.25) is 0 Å². The number of anilines is 6. The molecular weight excluding hydrogens is 1840 g/mol. The van der Waals surface area contributed by atoms with Gasteiger partial charge in [0, 0.05) is 78.6 Å². The van der Waals surface area contributed by atoms with Crippen LogP contribution in [0.15, 0.2) is 537 Å². The van der Waals surface area contributed by atoms with Crippen LogP contribution < -0.4 is 9.80 Å². The van der Waals surface area contributed by atoms with Crippen LogP contribution in [-0.2, 0) is 32.5 Å². The van der Waals surface area contributed by atoms with Gasteiger partial charge in [0.2, 0.25) is 0 Å². The highest BCUT2D eigenvalue weighted by atomic mass is 32.2. The SMILES string of the molecule is CC1(C)c2cc(-c3ccc4c(c3)-c3cc(N(c5ccc6c(c5)-c5ccccc5C65c6ccccc6Sc6ccccc65)c5cccc6c5-c5ccccc5C6(c5ccccc5)c5ccccc5)ccc3C43c4ccccc4Sc4ccccc43)ccc2-c2ccc(N(c3ccc4c(c3)-c3ccccc3C43c4ccccc4Sc4ccccc43)c3ccc4c(c3)-c3ccccc3C43c4ccccc4Sc4ccccc43)cc21. The van der Waals surface area contributed by atoms with Crippen molar-refractivity contribution in [1.82, 2.24) is 0 Å². The average molecular weight is 1930 g/mol. The van der Waals surface area contributed by atoms with Crippen LogP contribution in [0, 0.1) is 0 Å².